The van der Waals surface area contributed by atoms with Crippen molar-refractivity contribution in [2.45, 2.75) is 17.9 Å². The number of hydrogen-bond donors (Lipinski definition) is 3. The first kappa shape index (κ1) is 14.0. The van der Waals surface area contributed by atoms with Crippen LogP contribution in [0.4, 0.5) is 4.39 Å². The van der Waals surface area contributed by atoms with Crippen LogP contribution in [-0.4, -0.2) is 37.9 Å². The molecule has 0 fully saturated rings. The lowest BCUT2D eigenvalue weighted by molar-refractivity contribution is 0.185. The molecule has 7 heteroatoms. The minimum atomic E-state index is -3.93. The van der Waals surface area contributed by atoms with Crippen LogP contribution in [-0.2, 0) is 10.0 Å². The zero-order valence-electron chi connectivity index (χ0n) is 9.22. The Morgan fingerprint density at radius 2 is 1.94 bits per heavy atom. The summed E-state index contributed by atoms with van der Waals surface area (Å²) in [5, 5.41) is 17.5. The maximum absolute atomic E-state index is 13.2. The Bertz CT molecular complexity index is 485. The number of nitrogens with one attached hydrogen (secondary N) is 1. The SMILES string of the molecule is Cc1ccc(S(=O)(=O)NC(CO)CO)cc1F. The zero-order chi connectivity index (χ0) is 13.1. The summed E-state index contributed by atoms with van der Waals surface area (Å²) in [6.45, 7) is 0.442. The summed E-state index contributed by atoms with van der Waals surface area (Å²) >= 11 is 0. The Labute approximate surface area is 99.0 Å². The molecule has 0 bridgehead atoms. The van der Waals surface area contributed by atoms with Crippen molar-refractivity contribution in [3.05, 3.63) is 29.6 Å². The van der Waals surface area contributed by atoms with Crippen LogP contribution in [0.15, 0.2) is 23.1 Å². The number of benzene rings is 1. The quantitative estimate of drug-likeness (QED) is 0.684. The second-order valence-corrected chi connectivity index (χ2v) is 5.31. The van der Waals surface area contributed by atoms with Gasteiger partial charge in [0.1, 0.15) is 5.82 Å². The molecule has 5 nitrogen and oxygen atoms in total. The second kappa shape index (κ2) is 5.54. The highest BCUT2D eigenvalue weighted by atomic mass is 32.2. The lowest BCUT2D eigenvalue weighted by atomic mass is 10.2. The van der Waals surface area contributed by atoms with Crippen LogP contribution in [0.5, 0.6) is 0 Å². The molecule has 0 radical (unpaired) electrons. The number of hydrogen-bond acceptors (Lipinski definition) is 4. The third kappa shape index (κ3) is 3.47. The van der Waals surface area contributed by atoms with Gasteiger partial charge in [-0.2, -0.15) is 0 Å². The van der Waals surface area contributed by atoms with Crippen molar-refractivity contribution in [3.8, 4) is 0 Å². The first-order valence-corrected chi connectivity index (χ1v) is 6.39. The minimum absolute atomic E-state index is 0.243. The highest BCUT2D eigenvalue weighted by Gasteiger charge is 2.19. The fourth-order valence-corrected chi connectivity index (χ4v) is 2.39. The predicted molar refractivity (Wildman–Crippen MR) is 59.4 cm³/mol. The highest BCUT2D eigenvalue weighted by molar-refractivity contribution is 7.89. The molecular weight excluding hydrogens is 249 g/mol. The largest absolute Gasteiger partial charge is 0.395 e. The topological polar surface area (TPSA) is 86.6 Å². The molecule has 0 amide bonds. The average Bonchev–Trinajstić information content (AvgIpc) is 2.29. The van der Waals surface area contributed by atoms with Gasteiger partial charge in [-0.25, -0.2) is 17.5 Å². The molecule has 0 aliphatic rings. The highest BCUT2D eigenvalue weighted by Crippen LogP contribution is 2.14. The maximum Gasteiger partial charge on any atom is 0.241 e. The molecule has 0 aliphatic heterocycles. The van der Waals surface area contributed by atoms with Crippen molar-refractivity contribution in [2.24, 2.45) is 0 Å². The van der Waals surface area contributed by atoms with Gasteiger partial charge >= 0.3 is 0 Å². The Balaban J connectivity index is 3.01. The van der Waals surface area contributed by atoms with Gasteiger partial charge in [0, 0.05) is 0 Å². The summed E-state index contributed by atoms with van der Waals surface area (Å²) in [5.74, 6) is -0.627. The molecule has 0 spiro atoms. The van der Waals surface area contributed by atoms with E-state index in [-0.39, 0.29) is 4.90 Å². The van der Waals surface area contributed by atoms with Gasteiger partial charge in [-0.1, -0.05) is 6.07 Å². The third-order valence-electron chi connectivity index (χ3n) is 2.22. The molecule has 0 saturated carbocycles. The minimum Gasteiger partial charge on any atom is -0.395 e. The van der Waals surface area contributed by atoms with Crippen molar-refractivity contribution >= 4 is 10.0 Å². The molecule has 1 aromatic carbocycles. The van der Waals surface area contributed by atoms with Crippen LogP contribution in [0.1, 0.15) is 5.56 Å². The number of rotatable bonds is 5. The van der Waals surface area contributed by atoms with E-state index in [0.717, 1.165) is 6.07 Å². The Kier molecular flexibility index (Phi) is 4.58. The molecule has 0 heterocycles. The molecule has 0 aromatic heterocycles. The van der Waals surface area contributed by atoms with E-state index in [1.807, 2.05) is 0 Å². The third-order valence-corrected chi connectivity index (χ3v) is 3.73. The molecule has 0 unspecified atom stereocenters. The lowest BCUT2D eigenvalue weighted by Gasteiger charge is -2.13. The molecule has 17 heavy (non-hydrogen) atoms. The van der Waals surface area contributed by atoms with Crippen molar-refractivity contribution in [1.29, 1.82) is 0 Å². The molecule has 1 aromatic rings. The van der Waals surface area contributed by atoms with Crippen molar-refractivity contribution in [3.63, 3.8) is 0 Å². The van der Waals surface area contributed by atoms with Gasteiger partial charge in [0.05, 0.1) is 24.2 Å². The first-order valence-electron chi connectivity index (χ1n) is 4.91. The molecule has 3 N–H and O–H groups in total. The van der Waals surface area contributed by atoms with Crippen LogP contribution in [0, 0.1) is 12.7 Å². The van der Waals surface area contributed by atoms with E-state index in [9.17, 15) is 12.8 Å². The van der Waals surface area contributed by atoms with Crippen LogP contribution < -0.4 is 4.72 Å². The Morgan fingerprint density at radius 1 is 1.35 bits per heavy atom. The zero-order valence-corrected chi connectivity index (χ0v) is 10.0. The molecule has 96 valence electrons. The van der Waals surface area contributed by atoms with Crippen LogP contribution >= 0.6 is 0 Å². The van der Waals surface area contributed by atoms with Crippen molar-refractivity contribution in [1.82, 2.24) is 4.72 Å². The van der Waals surface area contributed by atoms with Crippen molar-refractivity contribution in [2.75, 3.05) is 13.2 Å². The fourth-order valence-electron chi connectivity index (χ4n) is 1.16. The van der Waals surface area contributed by atoms with Crippen LogP contribution in [0.25, 0.3) is 0 Å². The van der Waals surface area contributed by atoms with E-state index in [1.54, 1.807) is 0 Å². The van der Waals surface area contributed by atoms with E-state index in [2.05, 4.69) is 4.72 Å². The van der Waals surface area contributed by atoms with E-state index in [0.29, 0.717) is 5.56 Å². The van der Waals surface area contributed by atoms with Gasteiger partial charge in [0.2, 0.25) is 10.0 Å². The Hall–Kier alpha value is -1.02. The number of aliphatic hydroxyl groups is 2. The molecule has 0 aliphatic carbocycles. The predicted octanol–water partition coefficient (Wildman–Crippen LogP) is -0.234. The normalized spacial score (nSPS) is 12.1. The summed E-state index contributed by atoms with van der Waals surface area (Å²) in [6.07, 6.45) is 0. The summed E-state index contributed by atoms with van der Waals surface area (Å²) in [7, 11) is -3.93. The van der Waals surface area contributed by atoms with Gasteiger partial charge in [-0.05, 0) is 24.6 Å². The van der Waals surface area contributed by atoms with Crippen LogP contribution in [0.2, 0.25) is 0 Å². The van der Waals surface area contributed by atoms with E-state index >= 15 is 0 Å². The second-order valence-electron chi connectivity index (χ2n) is 3.59. The maximum atomic E-state index is 13.2. The first-order chi connectivity index (χ1) is 7.90. The molecule has 0 saturated heterocycles. The standard InChI is InChI=1S/C10H14FNO4S/c1-7-2-3-9(4-10(7)11)17(15,16)12-8(5-13)6-14/h2-4,8,12-14H,5-6H2,1H3. The molecule has 0 atom stereocenters. The molecule has 1 rings (SSSR count). The number of aryl methyl sites for hydroxylation is 1. The summed E-state index contributed by atoms with van der Waals surface area (Å²) in [6, 6.07) is 2.50. The van der Waals surface area contributed by atoms with Gasteiger partial charge < -0.3 is 10.2 Å². The molecular formula is C10H14FNO4S. The number of sulfonamides is 1. The van der Waals surface area contributed by atoms with Crippen LogP contribution in [0.3, 0.4) is 0 Å². The van der Waals surface area contributed by atoms with Gasteiger partial charge in [0.25, 0.3) is 0 Å². The Morgan fingerprint density at radius 3 is 2.41 bits per heavy atom. The number of aliphatic hydroxyl groups excluding tert-OH is 2. The van der Waals surface area contributed by atoms with Gasteiger partial charge in [-0.15, -0.1) is 0 Å². The van der Waals surface area contributed by atoms with E-state index in [1.165, 1.54) is 19.1 Å². The van der Waals surface area contributed by atoms with Gasteiger partial charge in [-0.3, -0.25) is 0 Å². The van der Waals surface area contributed by atoms with E-state index in [4.69, 9.17) is 10.2 Å². The lowest BCUT2D eigenvalue weighted by Crippen LogP contribution is -2.40. The van der Waals surface area contributed by atoms with Crippen molar-refractivity contribution < 1.29 is 23.0 Å². The average molecular weight is 263 g/mol. The summed E-state index contributed by atoms with van der Waals surface area (Å²) in [4.78, 5) is -0.243. The summed E-state index contributed by atoms with van der Waals surface area (Å²) in [5.41, 5.74) is 0.338. The monoisotopic (exact) mass is 263 g/mol. The number of halogens is 1. The fraction of sp³-hybridized carbons (Fsp3) is 0.400. The summed E-state index contributed by atoms with van der Waals surface area (Å²) < 4.78 is 38.7. The van der Waals surface area contributed by atoms with Gasteiger partial charge in [0.15, 0.2) is 0 Å². The van der Waals surface area contributed by atoms with E-state index < -0.39 is 35.1 Å². The smallest absolute Gasteiger partial charge is 0.241 e.